The Hall–Kier alpha value is -0.0400. The molecule has 1 heterocycles. The number of rotatable bonds is 7. The Bertz CT molecular complexity index is 233. The lowest BCUT2D eigenvalue weighted by Gasteiger charge is -2.17. The maximum absolute atomic E-state index is 5.83. The van der Waals surface area contributed by atoms with Crippen LogP contribution in [-0.4, -0.2) is 43.6 Å². The first-order valence-electron chi connectivity index (χ1n) is 6.98. The zero-order valence-electron chi connectivity index (χ0n) is 11.8. The molecule has 0 aromatic carbocycles. The van der Waals surface area contributed by atoms with E-state index in [9.17, 15) is 0 Å². The molecule has 108 valence electrons. The molecule has 1 unspecified atom stereocenters. The average molecular weight is 368 g/mol. The van der Waals surface area contributed by atoms with Gasteiger partial charge in [-0.3, -0.25) is 4.99 Å². The van der Waals surface area contributed by atoms with Gasteiger partial charge in [0.1, 0.15) is 0 Å². The predicted octanol–water partition coefficient (Wildman–Crippen LogP) is 2.18. The van der Waals surface area contributed by atoms with Crippen molar-refractivity contribution in [2.24, 2.45) is 10.7 Å². The first-order valence-corrected chi connectivity index (χ1v) is 6.98. The number of likely N-dealkylation sites (N-methyl/N-ethyl adjacent to an activating group) is 1. The number of halogens is 1. The molecule has 1 atom stereocenters. The monoisotopic (exact) mass is 368 g/mol. The van der Waals surface area contributed by atoms with Crippen LogP contribution in [-0.2, 0) is 0 Å². The van der Waals surface area contributed by atoms with Gasteiger partial charge in [-0.2, -0.15) is 0 Å². The quantitative estimate of drug-likeness (QED) is 0.314. The van der Waals surface area contributed by atoms with E-state index in [0.29, 0.717) is 12.0 Å². The molecule has 1 saturated heterocycles. The van der Waals surface area contributed by atoms with E-state index in [1.54, 1.807) is 0 Å². The van der Waals surface area contributed by atoms with Gasteiger partial charge in [0.15, 0.2) is 5.96 Å². The van der Waals surface area contributed by atoms with E-state index >= 15 is 0 Å². The lowest BCUT2D eigenvalue weighted by molar-refractivity contribution is 0.317. The van der Waals surface area contributed by atoms with Crippen LogP contribution in [0.3, 0.4) is 0 Å². The van der Waals surface area contributed by atoms with Gasteiger partial charge in [-0.25, -0.2) is 0 Å². The highest BCUT2D eigenvalue weighted by atomic mass is 127. The Balaban J connectivity index is 0.00000289. The van der Waals surface area contributed by atoms with Gasteiger partial charge >= 0.3 is 0 Å². The number of nitrogens with zero attached hydrogens (tertiary/aromatic N) is 2. The van der Waals surface area contributed by atoms with Crippen molar-refractivity contribution in [1.29, 1.82) is 0 Å². The van der Waals surface area contributed by atoms with Crippen molar-refractivity contribution in [3.63, 3.8) is 0 Å². The minimum absolute atomic E-state index is 0. The summed E-state index contributed by atoms with van der Waals surface area (Å²) < 4.78 is 0. The second kappa shape index (κ2) is 10.8. The number of nitrogens with one attached hydrogen (secondary N) is 1. The summed E-state index contributed by atoms with van der Waals surface area (Å²) in [6, 6.07) is 0.593. The lowest BCUT2D eigenvalue weighted by Crippen LogP contribution is -2.35. The molecule has 1 aliphatic rings. The van der Waals surface area contributed by atoms with E-state index in [-0.39, 0.29) is 24.0 Å². The summed E-state index contributed by atoms with van der Waals surface area (Å²) in [5.74, 6) is 0.613. The summed E-state index contributed by atoms with van der Waals surface area (Å²) in [5.41, 5.74) is 5.83. The van der Waals surface area contributed by atoms with Gasteiger partial charge in [0.05, 0.1) is 6.54 Å². The molecule has 0 saturated carbocycles. The van der Waals surface area contributed by atoms with Crippen molar-refractivity contribution in [2.75, 3.05) is 26.7 Å². The van der Waals surface area contributed by atoms with Gasteiger partial charge in [-0.05, 0) is 32.9 Å². The molecule has 0 amide bonds. The molecule has 0 aromatic rings. The molecule has 1 rings (SSSR count). The van der Waals surface area contributed by atoms with Crippen LogP contribution in [0.1, 0.15) is 45.4 Å². The van der Waals surface area contributed by atoms with Crippen molar-refractivity contribution in [1.82, 2.24) is 10.2 Å². The van der Waals surface area contributed by atoms with E-state index < -0.39 is 0 Å². The molecular weight excluding hydrogens is 339 g/mol. The van der Waals surface area contributed by atoms with Crippen LogP contribution in [0.5, 0.6) is 0 Å². The van der Waals surface area contributed by atoms with Crippen molar-refractivity contribution in [3.8, 4) is 0 Å². The number of aliphatic imine (C=N–C) groups is 1. The largest absolute Gasteiger partial charge is 0.370 e. The summed E-state index contributed by atoms with van der Waals surface area (Å²) in [4.78, 5) is 6.79. The summed E-state index contributed by atoms with van der Waals surface area (Å²) >= 11 is 0. The van der Waals surface area contributed by atoms with Gasteiger partial charge in [-0.15, -0.1) is 24.0 Å². The topological polar surface area (TPSA) is 53.6 Å². The number of likely N-dealkylation sites (tertiary alicyclic amines) is 1. The van der Waals surface area contributed by atoms with Crippen LogP contribution in [0.2, 0.25) is 0 Å². The molecule has 0 aliphatic carbocycles. The average Bonchev–Trinajstić information content (AvgIpc) is 2.72. The Labute approximate surface area is 129 Å². The van der Waals surface area contributed by atoms with Crippen molar-refractivity contribution in [2.45, 2.75) is 51.5 Å². The minimum atomic E-state index is 0. The normalized spacial score (nSPS) is 20.8. The molecule has 5 heteroatoms. The highest BCUT2D eigenvalue weighted by Crippen LogP contribution is 2.14. The molecule has 1 aliphatic heterocycles. The van der Waals surface area contributed by atoms with Crippen molar-refractivity contribution >= 4 is 29.9 Å². The zero-order chi connectivity index (χ0) is 12.5. The first kappa shape index (κ1) is 18.0. The highest BCUT2D eigenvalue weighted by molar-refractivity contribution is 14.0. The molecular formula is C13H29IN4. The maximum atomic E-state index is 5.83. The van der Waals surface area contributed by atoms with Gasteiger partial charge in [-0.1, -0.05) is 26.2 Å². The fourth-order valence-corrected chi connectivity index (χ4v) is 2.24. The second-order valence-electron chi connectivity index (χ2n) is 4.99. The molecule has 3 N–H and O–H groups in total. The standard InChI is InChI=1S/C13H28N4.HI/c1-3-4-5-6-9-15-13(14)16-11-12-8-7-10-17(12)2;/h12H,3-11H2,1-2H3,(H3,14,15,16);1H. The van der Waals surface area contributed by atoms with E-state index in [4.69, 9.17) is 5.73 Å². The lowest BCUT2D eigenvalue weighted by atomic mass is 10.2. The van der Waals surface area contributed by atoms with Crippen LogP contribution in [0, 0.1) is 0 Å². The Morgan fingerprint density at radius 1 is 1.39 bits per heavy atom. The van der Waals surface area contributed by atoms with Gasteiger partial charge in [0, 0.05) is 12.6 Å². The fraction of sp³-hybridized carbons (Fsp3) is 0.923. The summed E-state index contributed by atoms with van der Waals surface area (Å²) in [6.07, 6.45) is 7.60. The molecule has 1 fully saturated rings. The van der Waals surface area contributed by atoms with Gasteiger partial charge in [0.25, 0.3) is 0 Å². The van der Waals surface area contributed by atoms with Crippen molar-refractivity contribution < 1.29 is 0 Å². The third kappa shape index (κ3) is 7.41. The molecule has 0 bridgehead atoms. The summed E-state index contributed by atoms with van der Waals surface area (Å²) in [5, 5.41) is 3.19. The fourth-order valence-electron chi connectivity index (χ4n) is 2.24. The Morgan fingerprint density at radius 2 is 2.17 bits per heavy atom. The zero-order valence-corrected chi connectivity index (χ0v) is 14.2. The highest BCUT2D eigenvalue weighted by Gasteiger charge is 2.19. The van der Waals surface area contributed by atoms with E-state index in [2.05, 4.69) is 29.2 Å². The van der Waals surface area contributed by atoms with Gasteiger partial charge in [0.2, 0.25) is 0 Å². The van der Waals surface area contributed by atoms with Crippen molar-refractivity contribution in [3.05, 3.63) is 0 Å². The van der Waals surface area contributed by atoms with E-state index in [1.165, 1.54) is 45.1 Å². The SMILES string of the molecule is CCCCCCNC(N)=NCC1CCCN1C.I. The number of hydrogen-bond acceptors (Lipinski definition) is 2. The van der Waals surface area contributed by atoms with E-state index in [0.717, 1.165) is 13.1 Å². The Morgan fingerprint density at radius 3 is 2.78 bits per heavy atom. The summed E-state index contributed by atoms with van der Waals surface area (Å²) in [6.45, 7) is 5.21. The Kier molecular flexibility index (Phi) is 10.8. The van der Waals surface area contributed by atoms with E-state index in [1.807, 2.05) is 0 Å². The van der Waals surface area contributed by atoms with Gasteiger partial charge < -0.3 is 16.0 Å². The third-order valence-electron chi connectivity index (χ3n) is 3.48. The third-order valence-corrected chi connectivity index (χ3v) is 3.48. The molecule has 0 spiro atoms. The molecule has 18 heavy (non-hydrogen) atoms. The number of nitrogens with two attached hydrogens (primary N) is 1. The number of guanidine groups is 1. The van der Waals surface area contributed by atoms with Crippen LogP contribution in [0.15, 0.2) is 4.99 Å². The van der Waals surface area contributed by atoms with Crippen LogP contribution in [0.25, 0.3) is 0 Å². The van der Waals surface area contributed by atoms with Crippen LogP contribution in [0.4, 0.5) is 0 Å². The molecule has 0 radical (unpaired) electrons. The summed E-state index contributed by atoms with van der Waals surface area (Å²) in [7, 11) is 2.17. The smallest absolute Gasteiger partial charge is 0.188 e. The number of hydrogen-bond donors (Lipinski definition) is 2. The predicted molar refractivity (Wildman–Crippen MR) is 89.7 cm³/mol. The first-order chi connectivity index (χ1) is 8.24. The second-order valence-corrected chi connectivity index (χ2v) is 4.99. The minimum Gasteiger partial charge on any atom is -0.370 e. The molecule has 4 nitrogen and oxygen atoms in total. The maximum Gasteiger partial charge on any atom is 0.188 e. The van der Waals surface area contributed by atoms with Crippen LogP contribution < -0.4 is 11.1 Å². The van der Waals surface area contributed by atoms with Crippen LogP contribution >= 0.6 is 24.0 Å². The number of unbranched alkanes of at least 4 members (excludes halogenated alkanes) is 3. The molecule has 0 aromatic heterocycles.